The Labute approximate surface area is 99.2 Å². The maximum Gasteiger partial charge on any atom is 0.0793 e. The van der Waals surface area contributed by atoms with Gasteiger partial charge in [0.2, 0.25) is 0 Å². The molecule has 3 heteroatoms. The van der Waals surface area contributed by atoms with Crippen molar-refractivity contribution in [3.8, 4) is 0 Å². The van der Waals surface area contributed by atoms with E-state index in [1.165, 1.54) is 25.0 Å². The first kappa shape index (κ1) is 13.2. The quantitative estimate of drug-likeness (QED) is 0.770. The van der Waals surface area contributed by atoms with Gasteiger partial charge >= 0.3 is 0 Å². The van der Waals surface area contributed by atoms with E-state index in [9.17, 15) is 0 Å². The summed E-state index contributed by atoms with van der Waals surface area (Å²) >= 11 is 0. The van der Waals surface area contributed by atoms with Crippen molar-refractivity contribution >= 4 is 0 Å². The Kier molecular flexibility index (Phi) is 5.53. The minimum atomic E-state index is 0.410. The predicted molar refractivity (Wildman–Crippen MR) is 68.3 cm³/mol. The van der Waals surface area contributed by atoms with Crippen molar-refractivity contribution < 1.29 is 0 Å². The molecule has 2 unspecified atom stereocenters. The maximum atomic E-state index is 4.50. The van der Waals surface area contributed by atoms with Gasteiger partial charge < -0.3 is 5.32 Å². The van der Waals surface area contributed by atoms with Gasteiger partial charge in [-0.15, -0.1) is 0 Å². The lowest BCUT2D eigenvalue weighted by Crippen LogP contribution is -2.23. The molecule has 3 nitrogen and oxygen atoms in total. The van der Waals surface area contributed by atoms with Crippen molar-refractivity contribution in [2.45, 2.75) is 46.1 Å². The minimum Gasteiger partial charge on any atom is -0.309 e. The highest BCUT2D eigenvalue weighted by Gasteiger charge is 2.16. The molecule has 16 heavy (non-hydrogen) atoms. The summed E-state index contributed by atoms with van der Waals surface area (Å²) in [6, 6.07) is 2.53. The van der Waals surface area contributed by atoms with Crippen LogP contribution >= 0.6 is 0 Å². The van der Waals surface area contributed by atoms with Crippen LogP contribution < -0.4 is 5.32 Å². The zero-order valence-electron chi connectivity index (χ0n) is 11.0. The zero-order valence-corrected chi connectivity index (χ0v) is 11.0. The smallest absolute Gasteiger partial charge is 0.0793 e. The highest BCUT2D eigenvalue weighted by molar-refractivity contribution is 5.05. The van der Waals surface area contributed by atoms with E-state index in [2.05, 4.69) is 37.3 Å². The van der Waals surface area contributed by atoms with Crippen molar-refractivity contribution in [2.24, 2.45) is 13.0 Å². The van der Waals surface area contributed by atoms with Crippen LogP contribution in [0.1, 0.15) is 51.8 Å². The summed E-state index contributed by atoms with van der Waals surface area (Å²) in [5, 5.41) is 8.02. The number of hydrogen-bond donors (Lipinski definition) is 1. The van der Waals surface area contributed by atoms with Gasteiger partial charge in [0, 0.05) is 13.2 Å². The second-order valence-electron chi connectivity index (χ2n) is 4.65. The summed E-state index contributed by atoms with van der Waals surface area (Å²) in [4.78, 5) is 0. The van der Waals surface area contributed by atoms with Crippen LogP contribution in [-0.2, 0) is 7.05 Å². The van der Waals surface area contributed by atoms with Crippen molar-refractivity contribution in [3.05, 3.63) is 18.0 Å². The third kappa shape index (κ3) is 3.97. The van der Waals surface area contributed by atoms with E-state index in [-0.39, 0.29) is 0 Å². The first-order valence-electron chi connectivity index (χ1n) is 6.40. The van der Waals surface area contributed by atoms with Gasteiger partial charge in [-0.1, -0.05) is 33.6 Å². The summed E-state index contributed by atoms with van der Waals surface area (Å²) in [5.74, 6) is 0.760. The Morgan fingerprint density at radius 2 is 2.19 bits per heavy atom. The molecule has 1 N–H and O–H groups in total. The molecule has 0 aliphatic rings. The van der Waals surface area contributed by atoms with Crippen molar-refractivity contribution in [2.75, 3.05) is 6.54 Å². The lowest BCUT2D eigenvalue weighted by molar-refractivity contribution is 0.388. The summed E-state index contributed by atoms with van der Waals surface area (Å²) in [5.41, 5.74) is 1.17. The average molecular weight is 223 g/mol. The van der Waals surface area contributed by atoms with Gasteiger partial charge in [-0.3, -0.25) is 4.68 Å². The third-order valence-corrected chi connectivity index (χ3v) is 2.96. The average Bonchev–Trinajstić information content (AvgIpc) is 2.64. The molecule has 0 saturated carbocycles. The first-order chi connectivity index (χ1) is 7.67. The van der Waals surface area contributed by atoms with Gasteiger partial charge in [0.1, 0.15) is 0 Å². The van der Waals surface area contributed by atoms with Crippen molar-refractivity contribution in [1.29, 1.82) is 0 Å². The van der Waals surface area contributed by atoms with Crippen molar-refractivity contribution in [3.63, 3.8) is 0 Å². The van der Waals surface area contributed by atoms with E-state index < -0.39 is 0 Å². The predicted octanol–water partition coefficient (Wildman–Crippen LogP) is 2.90. The Balaban J connectivity index is 2.60. The van der Waals surface area contributed by atoms with E-state index in [4.69, 9.17) is 0 Å². The summed E-state index contributed by atoms with van der Waals surface area (Å²) in [6.07, 6.45) is 5.76. The van der Waals surface area contributed by atoms with E-state index in [1.54, 1.807) is 0 Å². The molecule has 0 spiro atoms. The Bertz CT molecular complexity index is 293. The topological polar surface area (TPSA) is 29.9 Å². The van der Waals surface area contributed by atoms with Crippen LogP contribution in [0.4, 0.5) is 0 Å². The molecule has 1 aromatic rings. The number of aromatic nitrogens is 2. The number of nitrogens with one attached hydrogen (secondary N) is 1. The number of rotatable bonds is 7. The summed E-state index contributed by atoms with van der Waals surface area (Å²) < 4.78 is 1.88. The molecule has 1 heterocycles. The fourth-order valence-electron chi connectivity index (χ4n) is 2.19. The Morgan fingerprint density at radius 1 is 1.44 bits per heavy atom. The SMILES string of the molecule is CCCC(C)CC(NCC)c1ccn(C)n1. The third-order valence-electron chi connectivity index (χ3n) is 2.96. The van der Waals surface area contributed by atoms with Gasteiger partial charge in [-0.2, -0.15) is 5.10 Å². The van der Waals surface area contributed by atoms with Gasteiger partial charge in [0.15, 0.2) is 0 Å². The second-order valence-corrected chi connectivity index (χ2v) is 4.65. The summed E-state index contributed by atoms with van der Waals surface area (Å²) in [7, 11) is 1.97. The molecule has 2 atom stereocenters. The molecule has 0 bridgehead atoms. The standard InChI is InChI=1S/C13H25N3/c1-5-7-11(3)10-13(14-6-2)12-8-9-16(4)15-12/h8-9,11,13-14H,5-7,10H2,1-4H3. The van der Waals surface area contributed by atoms with Crippen LogP contribution in [0.15, 0.2) is 12.3 Å². The molecule has 0 aliphatic heterocycles. The molecule has 1 aromatic heterocycles. The first-order valence-corrected chi connectivity index (χ1v) is 6.40. The monoisotopic (exact) mass is 223 g/mol. The Morgan fingerprint density at radius 3 is 2.69 bits per heavy atom. The Hall–Kier alpha value is -0.830. The van der Waals surface area contributed by atoms with Gasteiger partial charge in [-0.05, 0) is 24.9 Å². The minimum absolute atomic E-state index is 0.410. The summed E-state index contributed by atoms with van der Waals surface area (Å²) in [6.45, 7) is 7.73. The largest absolute Gasteiger partial charge is 0.309 e. The van der Waals surface area contributed by atoms with Crippen LogP contribution in [0.2, 0.25) is 0 Å². The number of nitrogens with zero attached hydrogens (tertiary/aromatic N) is 2. The highest BCUT2D eigenvalue weighted by atomic mass is 15.3. The van der Waals surface area contributed by atoms with E-state index >= 15 is 0 Å². The molecule has 0 aliphatic carbocycles. The molecule has 1 rings (SSSR count). The lowest BCUT2D eigenvalue weighted by Gasteiger charge is -2.19. The molecule has 0 radical (unpaired) electrons. The fourth-order valence-corrected chi connectivity index (χ4v) is 2.19. The molecule has 0 aromatic carbocycles. The maximum absolute atomic E-state index is 4.50. The second kappa shape index (κ2) is 6.69. The van der Waals surface area contributed by atoms with Crippen LogP contribution in [0, 0.1) is 5.92 Å². The van der Waals surface area contributed by atoms with Crippen LogP contribution in [0.25, 0.3) is 0 Å². The number of aryl methyl sites for hydroxylation is 1. The van der Waals surface area contributed by atoms with Crippen LogP contribution in [-0.4, -0.2) is 16.3 Å². The number of hydrogen-bond acceptors (Lipinski definition) is 2. The molecule has 0 fully saturated rings. The van der Waals surface area contributed by atoms with E-state index in [1.807, 2.05) is 17.9 Å². The zero-order chi connectivity index (χ0) is 12.0. The molecule has 0 amide bonds. The van der Waals surface area contributed by atoms with Crippen LogP contribution in [0.3, 0.4) is 0 Å². The van der Waals surface area contributed by atoms with E-state index in [0.717, 1.165) is 12.5 Å². The van der Waals surface area contributed by atoms with Crippen LogP contribution in [0.5, 0.6) is 0 Å². The normalized spacial score (nSPS) is 15.0. The highest BCUT2D eigenvalue weighted by Crippen LogP contribution is 2.22. The molecule has 92 valence electrons. The van der Waals surface area contributed by atoms with Crippen molar-refractivity contribution in [1.82, 2.24) is 15.1 Å². The molecular formula is C13H25N3. The van der Waals surface area contributed by atoms with E-state index in [0.29, 0.717) is 6.04 Å². The molecular weight excluding hydrogens is 198 g/mol. The van der Waals surface area contributed by atoms with Gasteiger partial charge in [0.05, 0.1) is 11.7 Å². The lowest BCUT2D eigenvalue weighted by atomic mass is 9.95. The molecule has 0 saturated heterocycles. The van der Waals surface area contributed by atoms with Gasteiger partial charge in [-0.25, -0.2) is 0 Å². The van der Waals surface area contributed by atoms with Gasteiger partial charge in [0.25, 0.3) is 0 Å². The fraction of sp³-hybridized carbons (Fsp3) is 0.769.